The summed E-state index contributed by atoms with van der Waals surface area (Å²) in [5.74, 6) is 0.291. The Morgan fingerprint density at radius 3 is 2.57 bits per heavy atom. The number of rotatable bonds is 5. The van der Waals surface area contributed by atoms with Crippen molar-refractivity contribution in [3.63, 3.8) is 0 Å². The predicted molar refractivity (Wildman–Crippen MR) is 84.1 cm³/mol. The van der Waals surface area contributed by atoms with Crippen molar-refractivity contribution >= 4 is 24.0 Å². The van der Waals surface area contributed by atoms with Crippen LogP contribution < -0.4 is 15.4 Å². The number of aryl methyl sites for hydroxylation is 1. The molecular formula is C15H20ClF3N2O2. The molecule has 1 saturated heterocycles. The number of ether oxygens (including phenoxy) is 1. The van der Waals surface area contributed by atoms with Crippen LogP contribution in [0.2, 0.25) is 0 Å². The lowest BCUT2D eigenvalue weighted by Crippen LogP contribution is -2.48. The normalized spacial score (nSPS) is 16.0. The van der Waals surface area contributed by atoms with Crippen molar-refractivity contribution in [1.82, 2.24) is 5.32 Å². The third kappa shape index (κ3) is 5.58. The second-order valence-electron chi connectivity index (χ2n) is 5.58. The number of hydrogen-bond donors (Lipinski definition) is 2. The molecule has 0 saturated carbocycles. The molecule has 0 aromatic heterocycles. The Morgan fingerprint density at radius 2 is 2.09 bits per heavy atom. The second-order valence-corrected chi connectivity index (χ2v) is 5.58. The van der Waals surface area contributed by atoms with Crippen molar-refractivity contribution in [2.45, 2.75) is 20.0 Å². The minimum Gasteiger partial charge on any atom is -0.484 e. The van der Waals surface area contributed by atoms with E-state index in [4.69, 9.17) is 4.74 Å². The maximum absolute atomic E-state index is 12.1. The van der Waals surface area contributed by atoms with Crippen LogP contribution in [0.15, 0.2) is 18.2 Å². The Bertz CT molecular complexity index is 548. The minimum absolute atomic E-state index is 0. The highest BCUT2D eigenvalue weighted by Crippen LogP contribution is 2.25. The number of alkyl halides is 3. The van der Waals surface area contributed by atoms with E-state index in [0.717, 1.165) is 13.1 Å². The molecule has 1 aromatic rings. The van der Waals surface area contributed by atoms with Gasteiger partial charge < -0.3 is 15.4 Å². The molecule has 1 unspecified atom stereocenters. The van der Waals surface area contributed by atoms with Gasteiger partial charge in [0.1, 0.15) is 5.75 Å². The van der Waals surface area contributed by atoms with Gasteiger partial charge in [-0.25, -0.2) is 0 Å². The number of benzene rings is 1. The molecule has 1 aliphatic heterocycles. The highest BCUT2D eigenvalue weighted by Gasteiger charge is 2.29. The molecular weight excluding hydrogens is 333 g/mol. The Labute approximate surface area is 139 Å². The summed E-state index contributed by atoms with van der Waals surface area (Å²) in [6.07, 6.45) is -4.37. The van der Waals surface area contributed by atoms with Crippen molar-refractivity contribution < 1.29 is 22.7 Å². The summed E-state index contributed by atoms with van der Waals surface area (Å²) in [5.41, 5.74) is 1.10. The van der Waals surface area contributed by atoms with Gasteiger partial charge >= 0.3 is 6.18 Å². The van der Waals surface area contributed by atoms with E-state index < -0.39 is 12.8 Å². The zero-order valence-electron chi connectivity index (χ0n) is 12.9. The average Bonchev–Trinajstić information content (AvgIpc) is 2.34. The smallest absolute Gasteiger partial charge is 0.422 e. The number of nitrogens with one attached hydrogen (secondary N) is 2. The Kier molecular flexibility index (Phi) is 6.70. The Morgan fingerprint density at radius 1 is 1.43 bits per heavy atom. The number of anilines is 1. The number of carbonyl (C=O) groups excluding carboxylic acids is 1. The van der Waals surface area contributed by atoms with Crippen molar-refractivity contribution in [1.29, 1.82) is 0 Å². The van der Waals surface area contributed by atoms with Gasteiger partial charge in [-0.1, -0.05) is 6.92 Å². The van der Waals surface area contributed by atoms with Crippen LogP contribution in [0, 0.1) is 18.8 Å². The maximum atomic E-state index is 12.1. The van der Waals surface area contributed by atoms with Gasteiger partial charge in [0, 0.05) is 11.6 Å². The molecule has 1 amide bonds. The monoisotopic (exact) mass is 352 g/mol. The van der Waals surface area contributed by atoms with Crippen molar-refractivity contribution in [3.05, 3.63) is 23.8 Å². The third-order valence-electron chi connectivity index (χ3n) is 3.77. The lowest BCUT2D eigenvalue weighted by atomic mass is 9.88. The number of halogens is 4. The fourth-order valence-electron chi connectivity index (χ4n) is 2.18. The standard InChI is InChI=1S/C15H19F3N2O2.ClH/c1-9-5-12(3-4-13(9)22-8-15(16,17)18)20-14(21)10(2)11-6-19-7-11;/h3-5,10-11,19H,6-8H2,1-2H3,(H,20,21);1H. The van der Waals surface area contributed by atoms with E-state index in [1.807, 2.05) is 6.92 Å². The minimum atomic E-state index is -4.37. The summed E-state index contributed by atoms with van der Waals surface area (Å²) < 4.78 is 41.1. The highest BCUT2D eigenvalue weighted by molar-refractivity contribution is 5.92. The summed E-state index contributed by atoms with van der Waals surface area (Å²) in [4.78, 5) is 12.1. The molecule has 0 spiro atoms. The molecule has 1 fully saturated rings. The van der Waals surface area contributed by atoms with Crippen molar-refractivity contribution in [2.75, 3.05) is 25.0 Å². The molecule has 130 valence electrons. The average molecular weight is 353 g/mol. The van der Waals surface area contributed by atoms with Gasteiger partial charge in [-0.15, -0.1) is 12.4 Å². The molecule has 0 aliphatic carbocycles. The second kappa shape index (κ2) is 7.88. The van der Waals surface area contributed by atoms with Crippen molar-refractivity contribution in [2.24, 2.45) is 11.8 Å². The summed E-state index contributed by atoms with van der Waals surface area (Å²) in [7, 11) is 0. The highest BCUT2D eigenvalue weighted by atomic mass is 35.5. The fourth-order valence-corrected chi connectivity index (χ4v) is 2.18. The van der Waals surface area contributed by atoms with E-state index in [1.165, 1.54) is 6.07 Å². The van der Waals surface area contributed by atoms with Crippen LogP contribution in [0.1, 0.15) is 12.5 Å². The lowest BCUT2D eigenvalue weighted by Gasteiger charge is -2.31. The summed E-state index contributed by atoms with van der Waals surface area (Å²) >= 11 is 0. The maximum Gasteiger partial charge on any atom is 0.422 e. The molecule has 1 heterocycles. The van der Waals surface area contributed by atoms with Crippen molar-refractivity contribution in [3.8, 4) is 5.75 Å². The first-order valence-electron chi connectivity index (χ1n) is 7.08. The number of amides is 1. The molecule has 1 atom stereocenters. The first kappa shape index (κ1) is 19.6. The molecule has 8 heteroatoms. The molecule has 2 N–H and O–H groups in total. The third-order valence-corrected chi connectivity index (χ3v) is 3.77. The Hall–Kier alpha value is -1.47. The first-order valence-corrected chi connectivity index (χ1v) is 7.08. The first-order chi connectivity index (χ1) is 10.3. The van der Waals surface area contributed by atoms with Gasteiger partial charge in [0.15, 0.2) is 6.61 Å². The van der Waals surface area contributed by atoms with E-state index in [0.29, 0.717) is 17.2 Å². The van der Waals surface area contributed by atoms with E-state index in [9.17, 15) is 18.0 Å². The number of carbonyl (C=O) groups is 1. The summed E-state index contributed by atoms with van der Waals surface area (Å²) in [5, 5.41) is 5.90. The number of hydrogen-bond acceptors (Lipinski definition) is 3. The van der Waals surface area contributed by atoms with Gasteiger partial charge in [0.25, 0.3) is 0 Å². The van der Waals surface area contributed by atoms with Crippen LogP contribution in [0.3, 0.4) is 0 Å². The van der Waals surface area contributed by atoms with Gasteiger partial charge in [0.2, 0.25) is 5.91 Å². The molecule has 23 heavy (non-hydrogen) atoms. The van der Waals surface area contributed by atoms with Gasteiger partial charge in [-0.3, -0.25) is 4.79 Å². The molecule has 0 radical (unpaired) electrons. The van der Waals surface area contributed by atoms with Gasteiger partial charge in [0.05, 0.1) is 0 Å². The van der Waals surface area contributed by atoms with Crippen LogP contribution in [-0.2, 0) is 4.79 Å². The molecule has 1 aliphatic rings. The van der Waals surface area contributed by atoms with Crippen LogP contribution in [0.25, 0.3) is 0 Å². The van der Waals surface area contributed by atoms with Crippen LogP contribution in [0.5, 0.6) is 5.75 Å². The van der Waals surface area contributed by atoms with E-state index >= 15 is 0 Å². The van der Waals surface area contributed by atoms with Crippen LogP contribution in [-0.4, -0.2) is 31.8 Å². The summed E-state index contributed by atoms with van der Waals surface area (Å²) in [6.45, 7) is 3.84. The molecule has 1 aromatic carbocycles. The van der Waals surface area contributed by atoms with Gasteiger partial charge in [-0.05, 0) is 49.7 Å². The predicted octanol–water partition coefficient (Wildman–Crippen LogP) is 3.15. The largest absolute Gasteiger partial charge is 0.484 e. The van der Waals surface area contributed by atoms with Crippen LogP contribution in [0.4, 0.5) is 18.9 Å². The molecule has 4 nitrogen and oxygen atoms in total. The topological polar surface area (TPSA) is 50.4 Å². The molecule has 2 rings (SSSR count). The Balaban J connectivity index is 0.00000264. The van der Waals surface area contributed by atoms with E-state index in [1.54, 1.807) is 19.1 Å². The fraction of sp³-hybridized carbons (Fsp3) is 0.533. The van der Waals surface area contributed by atoms with Crippen LogP contribution >= 0.6 is 12.4 Å². The molecule has 0 bridgehead atoms. The lowest BCUT2D eigenvalue weighted by molar-refractivity contribution is -0.153. The zero-order chi connectivity index (χ0) is 16.3. The quantitative estimate of drug-likeness (QED) is 0.856. The zero-order valence-corrected chi connectivity index (χ0v) is 13.7. The van der Waals surface area contributed by atoms with E-state index in [-0.39, 0.29) is 30.0 Å². The summed E-state index contributed by atoms with van der Waals surface area (Å²) in [6, 6.07) is 4.59. The van der Waals surface area contributed by atoms with E-state index in [2.05, 4.69) is 10.6 Å². The SMILES string of the molecule is Cc1cc(NC(=O)C(C)C2CNC2)ccc1OCC(F)(F)F.Cl. The van der Waals surface area contributed by atoms with Gasteiger partial charge in [-0.2, -0.15) is 13.2 Å².